The van der Waals surface area contributed by atoms with Gasteiger partial charge in [-0.05, 0) is 61.6 Å². The predicted octanol–water partition coefficient (Wildman–Crippen LogP) is 3.25. The molecule has 2 aromatic carbocycles. The second-order valence-corrected chi connectivity index (χ2v) is 8.54. The average Bonchev–Trinajstić information content (AvgIpc) is 2.63. The minimum absolute atomic E-state index is 0.0186. The van der Waals surface area contributed by atoms with E-state index in [0.29, 0.717) is 12.1 Å². The van der Waals surface area contributed by atoms with Gasteiger partial charge in [-0.3, -0.25) is 4.90 Å². The monoisotopic (exact) mass is 376 g/mol. The molecule has 0 saturated heterocycles. The fraction of sp³-hybridized carbons (Fsp3) is 0.400. The van der Waals surface area contributed by atoms with Crippen LogP contribution in [0.4, 0.5) is 4.39 Å². The lowest BCUT2D eigenvalue weighted by Gasteiger charge is -2.28. The lowest BCUT2D eigenvalue weighted by atomic mass is 10.00. The molecular weight excluding hydrogens is 351 g/mol. The van der Waals surface area contributed by atoms with Crippen molar-refractivity contribution in [1.82, 2.24) is 9.62 Å². The maximum absolute atomic E-state index is 13.3. The van der Waals surface area contributed by atoms with E-state index in [1.807, 2.05) is 0 Å². The molecule has 1 N–H and O–H groups in total. The zero-order valence-electron chi connectivity index (χ0n) is 15.0. The van der Waals surface area contributed by atoms with Gasteiger partial charge in [0, 0.05) is 19.6 Å². The van der Waals surface area contributed by atoms with Crippen molar-refractivity contribution in [3.63, 3.8) is 0 Å². The SMILES string of the molecule is Cc1ccc(F)cc1S(=O)(=O)NCCCCN1CCc2ccccc2C1. The van der Waals surface area contributed by atoms with Crippen LogP contribution in [0.15, 0.2) is 47.4 Å². The zero-order valence-corrected chi connectivity index (χ0v) is 15.9. The largest absolute Gasteiger partial charge is 0.299 e. The van der Waals surface area contributed by atoms with Crippen molar-refractivity contribution in [3.05, 3.63) is 65.0 Å². The Kier molecular flexibility index (Phi) is 6.06. The third-order valence-electron chi connectivity index (χ3n) is 4.84. The number of unbranched alkanes of at least 4 members (excludes halogenated alkanes) is 1. The number of nitrogens with zero attached hydrogens (tertiary/aromatic N) is 1. The van der Waals surface area contributed by atoms with Crippen LogP contribution in [0.3, 0.4) is 0 Å². The molecule has 1 aliphatic rings. The van der Waals surface area contributed by atoms with Crippen LogP contribution in [0, 0.1) is 12.7 Å². The molecule has 1 aliphatic heterocycles. The summed E-state index contributed by atoms with van der Waals surface area (Å²) in [5, 5.41) is 0. The minimum Gasteiger partial charge on any atom is -0.299 e. The molecule has 1 heterocycles. The van der Waals surface area contributed by atoms with Crippen molar-refractivity contribution in [2.75, 3.05) is 19.6 Å². The number of sulfonamides is 1. The molecule has 0 unspecified atom stereocenters. The molecule has 0 amide bonds. The number of fused-ring (bicyclic) bond motifs is 1. The van der Waals surface area contributed by atoms with Crippen molar-refractivity contribution in [1.29, 1.82) is 0 Å². The first-order valence-electron chi connectivity index (χ1n) is 9.01. The summed E-state index contributed by atoms with van der Waals surface area (Å²) in [7, 11) is -3.66. The topological polar surface area (TPSA) is 49.4 Å². The molecule has 0 atom stereocenters. The molecule has 2 aromatic rings. The number of benzene rings is 2. The molecule has 6 heteroatoms. The molecule has 140 valence electrons. The zero-order chi connectivity index (χ0) is 18.6. The van der Waals surface area contributed by atoms with Gasteiger partial charge in [0.15, 0.2) is 0 Å². The number of aryl methyl sites for hydroxylation is 1. The van der Waals surface area contributed by atoms with Gasteiger partial charge >= 0.3 is 0 Å². The highest BCUT2D eigenvalue weighted by Gasteiger charge is 2.18. The quantitative estimate of drug-likeness (QED) is 0.755. The number of nitrogens with one attached hydrogen (secondary N) is 1. The summed E-state index contributed by atoms with van der Waals surface area (Å²) in [4.78, 5) is 2.43. The van der Waals surface area contributed by atoms with E-state index in [-0.39, 0.29) is 4.90 Å². The molecule has 0 aromatic heterocycles. The van der Waals surface area contributed by atoms with E-state index in [1.165, 1.54) is 23.3 Å². The Morgan fingerprint density at radius 2 is 1.88 bits per heavy atom. The summed E-state index contributed by atoms with van der Waals surface area (Å²) in [5.41, 5.74) is 3.37. The van der Waals surface area contributed by atoms with Gasteiger partial charge in [0.1, 0.15) is 5.82 Å². The standard InChI is InChI=1S/C20H25FN2O2S/c1-16-8-9-19(21)14-20(16)26(24,25)22-11-4-5-12-23-13-10-17-6-2-3-7-18(17)15-23/h2-3,6-9,14,22H,4-5,10-13,15H2,1H3. The van der Waals surface area contributed by atoms with Crippen molar-refractivity contribution >= 4 is 10.0 Å². The van der Waals surface area contributed by atoms with Crippen LogP contribution >= 0.6 is 0 Å². The second-order valence-electron chi connectivity index (χ2n) is 6.81. The lowest BCUT2D eigenvalue weighted by Crippen LogP contribution is -2.32. The van der Waals surface area contributed by atoms with Gasteiger partial charge in [-0.15, -0.1) is 0 Å². The molecule has 0 spiro atoms. The number of halogens is 1. The van der Waals surface area contributed by atoms with Crippen LogP contribution in [0.1, 0.15) is 29.5 Å². The van der Waals surface area contributed by atoms with E-state index in [9.17, 15) is 12.8 Å². The van der Waals surface area contributed by atoms with E-state index in [0.717, 1.165) is 45.0 Å². The van der Waals surface area contributed by atoms with E-state index in [2.05, 4.69) is 33.9 Å². The third-order valence-corrected chi connectivity index (χ3v) is 6.45. The fourth-order valence-corrected chi connectivity index (χ4v) is 4.68. The Labute approximate surface area is 155 Å². The summed E-state index contributed by atoms with van der Waals surface area (Å²) < 4.78 is 40.6. The number of hydrogen-bond acceptors (Lipinski definition) is 3. The maximum Gasteiger partial charge on any atom is 0.240 e. The van der Waals surface area contributed by atoms with E-state index in [4.69, 9.17) is 0 Å². The maximum atomic E-state index is 13.3. The van der Waals surface area contributed by atoms with Gasteiger partial charge in [0.05, 0.1) is 4.90 Å². The molecule has 0 fully saturated rings. The van der Waals surface area contributed by atoms with Crippen LogP contribution in [-0.2, 0) is 23.0 Å². The normalized spacial score (nSPS) is 15.0. The minimum atomic E-state index is -3.66. The summed E-state index contributed by atoms with van der Waals surface area (Å²) in [6.45, 7) is 5.00. The Bertz CT molecular complexity index is 868. The van der Waals surface area contributed by atoms with Crippen molar-refractivity contribution in [3.8, 4) is 0 Å². The highest BCUT2D eigenvalue weighted by atomic mass is 32.2. The predicted molar refractivity (Wildman–Crippen MR) is 101 cm³/mol. The van der Waals surface area contributed by atoms with Crippen molar-refractivity contribution < 1.29 is 12.8 Å². The molecular formula is C20H25FN2O2S. The highest BCUT2D eigenvalue weighted by molar-refractivity contribution is 7.89. The van der Waals surface area contributed by atoms with Gasteiger partial charge in [-0.1, -0.05) is 30.3 Å². The van der Waals surface area contributed by atoms with Gasteiger partial charge in [0.2, 0.25) is 10.0 Å². The molecule has 0 radical (unpaired) electrons. The van der Waals surface area contributed by atoms with Crippen LogP contribution in [0.2, 0.25) is 0 Å². The summed E-state index contributed by atoms with van der Waals surface area (Å²) in [5.74, 6) is -0.540. The van der Waals surface area contributed by atoms with E-state index >= 15 is 0 Å². The van der Waals surface area contributed by atoms with Crippen LogP contribution in [-0.4, -0.2) is 33.0 Å². The van der Waals surface area contributed by atoms with E-state index in [1.54, 1.807) is 6.92 Å². The fourth-order valence-electron chi connectivity index (χ4n) is 3.35. The van der Waals surface area contributed by atoms with Crippen molar-refractivity contribution in [2.45, 2.75) is 37.6 Å². The van der Waals surface area contributed by atoms with Gasteiger partial charge in [-0.2, -0.15) is 0 Å². The first-order valence-corrected chi connectivity index (χ1v) is 10.5. The molecule has 0 saturated carbocycles. The summed E-state index contributed by atoms with van der Waals surface area (Å²) >= 11 is 0. The Morgan fingerprint density at radius 3 is 2.69 bits per heavy atom. The number of hydrogen-bond donors (Lipinski definition) is 1. The van der Waals surface area contributed by atoms with Crippen molar-refractivity contribution in [2.24, 2.45) is 0 Å². The lowest BCUT2D eigenvalue weighted by molar-refractivity contribution is 0.249. The first kappa shape index (κ1) is 19.0. The smallest absolute Gasteiger partial charge is 0.240 e. The molecule has 0 aliphatic carbocycles. The Hall–Kier alpha value is -1.76. The number of rotatable bonds is 7. The Balaban J connectivity index is 1.44. The van der Waals surface area contributed by atoms with Crippen LogP contribution in [0.25, 0.3) is 0 Å². The molecule has 3 rings (SSSR count). The summed E-state index contributed by atoms with van der Waals surface area (Å²) in [6.07, 6.45) is 2.75. The average molecular weight is 376 g/mol. The molecule has 4 nitrogen and oxygen atoms in total. The third kappa shape index (κ3) is 4.69. The van der Waals surface area contributed by atoms with Gasteiger partial charge in [0.25, 0.3) is 0 Å². The molecule has 0 bridgehead atoms. The highest BCUT2D eigenvalue weighted by Crippen LogP contribution is 2.19. The van der Waals surface area contributed by atoms with E-state index < -0.39 is 15.8 Å². The van der Waals surface area contributed by atoms with Gasteiger partial charge in [-0.25, -0.2) is 17.5 Å². The molecule has 26 heavy (non-hydrogen) atoms. The first-order chi connectivity index (χ1) is 12.5. The second kappa shape index (κ2) is 8.29. The van der Waals surface area contributed by atoms with Crippen LogP contribution < -0.4 is 4.72 Å². The summed E-state index contributed by atoms with van der Waals surface area (Å²) in [6, 6.07) is 12.4. The Morgan fingerprint density at radius 1 is 1.12 bits per heavy atom. The van der Waals surface area contributed by atoms with Gasteiger partial charge < -0.3 is 0 Å². The van der Waals surface area contributed by atoms with Crippen LogP contribution in [0.5, 0.6) is 0 Å².